The van der Waals surface area contributed by atoms with Crippen molar-refractivity contribution in [1.82, 2.24) is 14.5 Å². The molecule has 1 aliphatic rings. The number of ether oxygens (including phenoxy) is 1. The smallest absolute Gasteiger partial charge is 0.327 e. The van der Waals surface area contributed by atoms with Gasteiger partial charge in [0.05, 0.1) is 24.3 Å². The topological polar surface area (TPSA) is 50.3 Å². The molecule has 3 rings (SSSR count). The summed E-state index contributed by atoms with van der Waals surface area (Å²) in [6, 6.07) is 5.67. The molecule has 96 valence electrons. The van der Waals surface area contributed by atoms with Crippen LogP contribution in [0.4, 0.5) is 0 Å². The lowest BCUT2D eigenvalue weighted by atomic mass is 10.2. The molecule has 1 aromatic heterocycles. The van der Waals surface area contributed by atoms with E-state index < -0.39 is 0 Å². The molecule has 18 heavy (non-hydrogen) atoms. The van der Waals surface area contributed by atoms with Crippen LogP contribution in [0.15, 0.2) is 23.0 Å². The maximum Gasteiger partial charge on any atom is 0.327 e. The standard InChI is InChI=1S/C13H17N3O2/c1-15-7-3-4-12(15)16-11-8-9(18-2)5-6-10(11)14-13(16)17/h5-6,8,12H,3-4,7H2,1-2H3,(H,14,17). The zero-order valence-electron chi connectivity index (χ0n) is 10.6. The number of nitrogens with zero attached hydrogens (tertiary/aromatic N) is 2. The van der Waals surface area contributed by atoms with Gasteiger partial charge in [0.25, 0.3) is 0 Å². The Morgan fingerprint density at radius 1 is 1.44 bits per heavy atom. The summed E-state index contributed by atoms with van der Waals surface area (Å²) in [7, 11) is 3.70. The summed E-state index contributed by atoms with van der Waals surface area (Å²) in [4.78, 5) is 17.2. The van der Waals surface area contributed by atoms with Crippen LogP contribution in [0.1, 0.15) is 19.0 Å². The first kappa shape index (κ1) is 11.3. The van der Waals surface area contributed by atoms with Crippen molar-refractivity contribution in [1.29, 1.82) is 0 Å². The van der Waals surface area contributed by atoms with Crippen LogP contribution in [-0.4, -0.2) is 35.2 Å². The first-order valence-corrected chi connectivity index (χ1v) is 6.19. The molecular formula is C13H17N3O2. The molecule has 1 aromatic carbocycles. The van der Waals surface area contributed by atoms with E-state index in [2.05, 4.69) is 16.9 Å². The Kier molecular flexibility index (Phi) is 2.63. The molecule has 2 heterocycles. The number of H-pyrrole nitrogens is 1. The second-order valence-electron chi connectivity index (χ2n) is 4.79. The molecule has 0 bridgehead atoms. The van der Waals surface area contributed by atoms with Gasteiger partial charge in [0.1, 0.15) is 5.75 Å². The highest BCUT2D eigenvalue weighted by Crippen LogP contribution is 2.28. The second-order valence-corrected chi connectivity index (χ2v) is 4.79. The van der Waals surface area contributed by atoms with Gasteiger partial charge in [-0.3, -0.25) is 9.47 Å². The fourth-order valence-corrected chi connectivity index (χ4v) is 2.74. The van der Waals surface area contributed by atoms with Crippen molar-refractivity contribution in [2.75, 3.05) is 20.7 Å². The van der Waals surface area contributed by atoms with E-state index in [0.717, 1.165) is 36.2 Å². The Morgan fingerprint density at radius 3 is 2.94 bits per heavy atom. The van der Waals surface area contributed by atoms with Crippen LogP contribution in [0.5, 0.6) is 5.75 Å². The van der Waals surface area contributed by atoms with Gasteiger partial charge in [0.2, 0.25) is 0 Å². The van der Waals surface area contributed by atoms with E-state index in [9.17, 15) is 4.79 Å². The largest absolute Gasteiger partial charge is 0.497 e. The van der Waals surface area contributed by atoms with Gasteiger partial charge in [-0.25, -0.2) is 4.79 Å². The van der Waals surface area contributed by atoms with Gasteiger partial charge in [0.15, 0.2) is 0 Å². The minimum atomic E-state index is -0.0444. The number of benzene rings is 1. The van der Waals surface area contributed by atoms with Crippen LogP contribution in [0, 0.1) is 0 Å². The van der Waals surface area contributed by atoms with Gasteiger partial charge in [0, 0.05) is 6.07 Å². The third-order valence-corrected chi connectivity index (χ3v) is 3.70. The van der Waals surface area contributed by atoms with Crippen molar-refractivity contribution in [2.45, 2.75) is 19.0 Å². The fourth-order valence-electron chi connectivity index (χ4n) is 2.74. The van der Waals surface area contributed by atoms with Gasteiger partial charge in [-0.15, -0.1) is 0 Å². The number of likely N-dealkylation sites (tertiary alicyclic amines) is 1. The van der Waals surface area contributed by atoms with Crippen LogP contribution >= 0.6 is 0 Å². The van der Waals surface area contributed by atoms with E-state index in [1.165, 1.54) is 0 Å². The Hall–Kier alpha value is -1.75. The number of aromatic amines is 1. The highest BCUT2D eigenvalue weighted by molar-refractivity contribution is 5.77. The van der Waals surface area contributed by atoms with Crippen molar-refractivity contribution in [2.24, 2.45) is 0 Å². The Labute approximate surface area is 105 Å². The summed E-state index contributed by atoms with van der Waals surface area (Å²) in [5, 5.41) is 0. The summed E-state index contributed by atoms with van der Waals surface area (Å²) in [5.41, 5.74) is 1.73. The highest BCUT2D eigenvalue weighted by Gasteiger charge is 2.25. The molecule has 0 spiro atoms. The van der Waals surface area contributed by atoms with E-state index in [4.69, 9.17) is 4.74 Å². The van der Waals surface area contributed by atoms with Crippen LogP contribution in [-0.2, 0) is 0 Å². The molecule has 0 saturated carbocycles. The molecule has 5 heteroatoms. The molecule has 1 unspecified atom stereocenters. The second kappa shape index (κ2) is 4.17. The summed E-state index contributed by atoms with van der Waals surface area (Å²) < 4.78 is 7.07. The molecule has 1 saturated heterocycles. The third kappa shape index (κ3) is 1.62. The van der Waals surface area contributed by atoms with Crippen LogP contribution in [0.2, 0.25) is 0 Å². The van der Waals surface area contributed by atoms with E-state index in [1.807, 2.05) is 22.8 Å². The monoisotopic (exact) mass is 247 g/mol. The highest BCUT2D eigenvalue weighted by atomic mass is 16.5. The Bertz CT molecular complexity index is 629. The van der Waals surface area contributed by atoms with E-state index in [-0.39, 0.29) is 11.9 Å². The average Bonchev–Trinajstić information content (AvgIpc) is 2.90. The van der Waals surface area contributed by atoms with Crippen molar-refractivity contribution < 1.29 is 4.74 Å². The Balaban J connectivity index is 2.20. The number of fused-ring (bicyclic) bond motifs is 1. The quantitative estimate of drug-likeness (QED) is 0.876. The minimum Gasteiger partial charge on any atom is -0.497 e. The number of methoxy groups -OCH3 is 1. The lowest BCUT2D eigenvalue weighted by Crippen LogP contribution is -2.30. The first-order chi connectivity index (χ1) is 8.70. The van der Waals surface area contributed by atoms with Crippen LogP contribution in [0.3, 0.4) is 0 Å². The SMILES string of the molecule is COc1ccc2[nH]c(=O)n(C3CCCN3C)c2c1. The van der Waals surface area contributed by atoms with Crippen molar-refractivity contribution in [3.63, 3.8) is 0 Å². The van der Waals surface area contributed by atoms with Gasteiger partial charge >= 0.3 is 5.69 Å². The maximum atomic E-state index is 12.1. The summed E-state index contributed by atoms with van der Waals surface area (Å²) >= 11 is 0. The number of nitrogens with one attached hydrogen (secondary N) is 1. The van der Waals surface area contributed by atoms with Gasteiger partial charge < -0.3 is 9.72 Å². The lowest BCUT2D eigenvalue weighted by Gasteiger charge is -2.20. The van der Waals surface area contributed by atoms with E-state index in [1.54, 1.807) is 7.11 Å². The number of aromatic nitrogens is 2. The molecule has 5 nitrogen and oxygen atoms in total. The molecule has 2 aromatic rings. The zero-order valence-corrected chi connectivity index (χ0v) is 10.6. The summed E-state index contributed by atoms with van der Waals surface area (Å²) in [6.45, 7) is 1.04. The predicted molar refractivity (Wildman–Crippen MR) is 70.0 cm³/mol. The molecule has 0 radical (unpaired) electrons. The summed E-state index contributed by atoms with van der Waals surface area (Å²) in [6.07, 6.45) is 2.29. The van der Waals surface area contributed by atoms with Crippen LogP contribution < -0.4 is 10.4 Å². The number of hydrogen-bond acceptors (Lipinski definition) is 3. The molecule has 1 N–H and O–H groups in total. The van der Waals surface area contributed by atoms with E-state index >= 15 is 0 Å². The lowest BCUT2D eigenvalue weighted by molar-refractivity contribution is 0.238. The molecule has 1 fully saturated rings. The molecule has 1 atom stereocenters. The first-order valence-electron chi connectivity index (χ1n) is 6.19. The predicted octanol–water partition coefficient (Wildman–Crippen LogP) is 1.56. The zero-order chi connectivity index (χ0) is 12.7. The normalized spacial score (nSPS) is 20.7. The number of imidazole rings is 1. The molecule has 0 aliphatic carbocycles. The summed E-state index contributed by atoms with van der Waals surface area (Å²) in [5.74, 6) is 0.774. The molecule has 0 amide bonds. The fraction of sp³-hybridized carbons (Fsp3) is 0.462. The Morgan fingerprint density at radius 2 is 2.28 bits per heavy atom. The van der Waals surface area contributed by atoms with Gasteiger partial charge in [-0.1, -0.05) is 0 Å². The third-order valence-electron chi connectivity index (χ3n) is 3.70. The van der Waals surface area contributed by atoms with Crippen molar-refractivity contribution in [3.8, 4) is 5.75 Å². The van der Waals surface area contributed by atoms with Crippen LogP contribution in [0.25, 0.3) is 11.0 Å². The van der Waals surface area contributed by atoms with E-state index in [0.29, 0.717) is 0 Å². The van der Waals surface area contributed by atoms with Crippen molar-refractivity contribution >= 4 is 11.0 Å². The maximum absolute atomic E-state index is 12.1. The number of hydrogen-bond donors (Lipinski definition) is 1. The molecular weight excluding hydrogens is 230 g/mol. The average molecular weight is 247 g/mol. The minimum absolute atomic E-state index is 0.0444. The van der Waals surface area contributed by atoms with Crippen molar-refractivity contribution in [3.05, 3.63) is 28.7 Å². The molecule has 1 aliphatic heterocycles. The number of rotatable bonds is 2. The van der Waals surface area contributed by atoms with Gasteiger partial charge in [-0.2, -0.15) is 0 Å². The van der Waals surface area contributed by atoms with Gasteiger partial charge in [-0.05, 0) is 38.6 Å².